The predicted molar refractivity (Wildman–Crippen MR) is 61.8 cm³/mol. The van der Waals surface area contributed by atoms with E-state index in [1.807, 2.05) is 19.3 Å². The summed E-state index contributed by atoms with van der Waals surface area (Å²) < 4.78 is 0. The second kappa shape index (κ2) is 4.17. The number of hydrogen-bond donors (Lipinski definition) is 1. The third-order valence-electron chi connectivity index (χ3n) is 3.14. The highest BCUT2D eigenvalue weighted by Gasteiger charge is 2.41. The zero-order valence-corrected chi connectivity index (χ0v) is 9.58. The van der Waals surface area contributed by atoms with Crippen LogP contribution in [-0.4, -0.2) is 16.5 Å². The summed E-state index contributed by atoms with van der Waals surface area (Å²) >= 11 is 0. The van der Waals surface area contributed by atoms with Crippen LogP contribution in [0.4, 0.5) is 5.95 Å². The highest BCUT2D eigenvalue weighted by Crippen LogP contribution is 2.49. The molecular formula is C12H19N3. The minimum absolute atomic E-state index is 0.559. The predicted octanol–water partition coefficient (Wildman–Crippen LogP) is 2.78. The van der Waals surface area contributed by atoms with E-state index in [2.05, 4.69) is 22.2 Å². The van der Waals surface area contributed by atoms with Gasteiger partial charge in [-0.1, -0.05) is 13.3 Å². The standard InChI is InChI=1S/C12H19N3/c1-3-4-12(5-6-12)9-15-11-13-7-10(2)8-14-11/h7-8H,3-6,9H2,1-2H3,(H,13,14,15). The van der Waals surface area contributed by atoms with Crippen LogP contribution in [0, 0.1) is 12.3 Å². The quantitative estimate of drug-likeness (QED) is 0.803. The average molecular weight is 205 g/mol. The Kier molecular flexibility index (Phi) is 2.89. The molecule has 0 aromatic carbocycles. The molecule has 2 rings (SSSR count). The van der Waals surface area contributed by atoms with Crippen molar-refractivity contribution >= 4 is 5.95 Å². The van der Waals surface area contributed by atoms with E-state index in [1.54, 1.807) is 0 Å². The summed E-state index contributed by atoms with van der Waals surface area (Å²) in [5.41, 5.74) is 1.67. The molecule has 0 spiro atoms. The largest absolute Gasteiger partial charge is 0.354 e. The number of nitrogens with zero attached hydrogens (tertiary/aromatic N) is 2. The van der Waals surface area contributed by atoms with Gasteiger partial charge in [-0.25, -0.2) is 9.97 Å². The molecule has 0 radical (unpaired) electrons. The lowest BCUT2D eigenvalue weighted by Gasteiger charge is -2.14. The van der Waals surface area contributed by atoms with Crippen molar-refractivity contribution in [1.29, 1.82) is 0 Å². The summed E-state index contributed by atoms with van der Waals surface area (Å²) in [7, 11) is 0. The van der Waals surface area contributed by atoms with Crippen molar-refractivity contribution < 1.29 is 0 Å². The summed E-state index contributed by atoms with van der Waals surface area (Å²) in [5.74, 6) is 0.767. The monoisotopic (exact) mass is 205 g/mol. The van der Waals surface area contributed by atoms with Crippen LogP contribution in [0.1, 0.15) is 38.2 Å². The molecule has 0 bridgehead atoms. The maximum absolute atomic E-state index is 4.25. The van der Waals surface area contributed by atoms with Gasteiger partial charge in [-0.15, -0.1) is 0 Å². The topological polar surface area (TPSA) is 37.8 Å². The Morgan fingerprint density at radius 2 is 2.00 bits per heavy atom. The van der Waals surface area contributed by atoms with Crippen molar-refractivity contribution in [2.24, 2.45) is 5.41 Å². The van der Waals surface area contributed by atoms with Crippen LogP contribution in [0.15, 0.2) is 12.4 Å². The molecule has 3 heteroatoms. The number of anilines is 1. The van der Waals surface area contributed by atoms with Crippen LogP contribution < -0.4 is 5.32 Å². The fraction of sp³-hybridized carbons (Fsp3) is 0.667. The number of rotatable bonds is 5. The lowest BCUT2D eigenvalue weighted by atomic mass is 10.0. The summed E-state index contributed by atoms with van der Waals surface area (Å²) in [6.07, 6.45) is 9.03. The molecule has 1 N–H and O–H groups in total. The lowest BCUT2D eigenvalue weighted by molar-refractivity contribution is 0.484. The fourth-order valence-electron chi connectivity index (χ4n) is 1.97. The van der Waals surface area contributed by atoms with Crippen molar-refractivity contribution in [1.82, 2.24) is 9.97 Å². The molecule has 82 valence electrons. The molecule has 3 nitrogen and oxygen atoms in total. The highest BCUT2D eigenvalue weighted by atomic mass is 15.1. The second-order valence-electron chi connectivity index (χ2n) is 4.69. The van der Waals surface area contributed by atoms with Crippen LogP contribution >= 0.6 is 0 Å². The SMILES string of the molecule is CCCC1(CNc2ncc(C)cn2)CC1. The molecule has 0 amide bonds. The van der Waals surface area contributed by atoms with E-state index in [4.69, 9.17) is 0 Å². The van der Waals surface area contributed by atoms with Gasteiger partial charge >= 0.3 is 0 Å². The smallest absolute Gasteiger partial charge is 0.222 e. The van der Waals surface area contributed by atoms with E-state index in [0.29, 0.717) is 5.41 Å². The van der Waals surface area contributed by atoms with Gasteiger partial charge in [0.25, 0.3) is 0 Å². The molecule has 1 aliphatic rings. The molecule has 1 aromatic rings. The van der Waals surface area contributed by atoms with Crippen LogP contribution in [-0.2, 0) is 0 Å². The van der Waals surface area contributed by atoms with Gasteiger partial charge in [0.05, 0.1) is 0 Å². The van der Waals surface area contributed by atoms with E-state index >= 15 is 0 Å². The van der Waals surface area contributed by atoms with Gasteiger partial charge in [-0.2, -0.15) is 0 Å². The molecule has 1 fully saturated rings. The summed E-state index contributed by atoms with van der Waals surface area (Å²) in [6, 6.07) is 0. The molecule has 0 saturated heterocycles. The van der Waals surface area contributed by atoms with E-state index in [-0.39, 0.29) is 0 Å². The molecule has 0 atom stereocenters. The van der Waals surface area contributed by atoms with Gasteiger partial charge in [0.1, 0.15) is 0 Å². The Morgan fingerprint density at radius 3 is 2.53 bits per heavy atom. The van der Waals surface area contributed by atoms with E-state index in [1.165, 1.54) is 25.7 Å². The van der Waals surface area contributed by atoms with Crippen molar-refractivity contribution in [3.63, 3.8) is 0 Å². The van der Waals surface area contributed by atoms with Gasteiger partial charge < -0.3 is 5.32 Å². The number of aromatic nitrogens is 2. The van der Waals surface area contributed by atoms with Crippen molar-refractivity contribution in [2.75, 3.05) is 11.9 Å². The Hall–Kier alpha value is -1.12. The zero-order valence-electron chi connectivity index (χ0n) is 9.58. The molecular weight excluding hydrogens is 186 g/mol. The fourth-order valence-corrected chi connectivity index (χ4v) is 1.97. The van der Waals surface area contributed by atoms with Crippen LogP contribution in [0.3, 0.4) is 0 Å². The minimum atomic E-state index is 0.559. The van der Waals surface area contributed by atoms with Crippen molar-refractivity contribution in [3.8, 4) is 0 Å². The third-order valence-corrected chi connectivity index (χ3v) is 3.14. The van der Waals surface area contributed by atoms with Gasteiger partial charge in [0.2, 0.25) is 5.95 Å². The first-order valence-corrected chi connectivity index (χ1v) is 5.77. The van der Waals surface area contributed by atoms with Gasteiger partial charge in [-0.05, 0) is 37.2 Å². The van der Waals surface area contributed by atoms with Crippen LogP contribution in [0.25, 0.3) is 0 Å². The molecule has 1 aromatic heterocycles. The lowest BCUT2D eigenvalue weighted by Crippen LogP contribution is -2.16. The van der Waals surface area contributed by atoms with E-state index in [0.717, 1.165) is 18.1 Å². The number of hydrogen-bond acceptors (Lipinski definition) is 3. The maximum atomic E-state index is 4.25. The zero-order chi connectivity index (χ0) is 10.7. The highest BCUT2D eigenvalue weighted by molar-refractivity contribution is 5.25. The Bertz CT molecular complexity index is 314. The first-order chi connectivity index (χ1) is 7.24. The molecule has 0 aliphatic heterocycles. The van der Waals surface area contributed by atoms with Gasteiger partial charge in [0.15, 0.2) is 0 Å². The summed E-state index contributed by atoms with van der Waals surface area (Å²) in [4.78, 5) is 8.49. The molecule has 15 heavy (non-hydrogen) atoms. The van der Waals surface area contributed by atoms with Crippen LogP contribution in [0.5, 0.6) is 0 Å². The maximum Gasteiger partial charge on any atom is 0.222 e. The third kappa shape index (κ3) is 2.67. The minimum Gasteiger partial charge on any atom is -0.354 e. The van der Waals surface area contributed by atoms with E-state index in [9.17, 15) is 0 Å². The molecule has 0 unspecified atom stereocenters. The van der Waals surface area contributed by atoms with Gasteiger partial charge in [0, 0.05) is 18.9 Å². The first-order valence-electron chi connectivity index (χ1n) is 5.77. The Morgan fingerprint density at radius 1 is 1.33 bits per heavy atom. The first kappa shape index (κ1) is 10.4. The summed E-state index contributed by atoms with van der Waals surface area (Å²) in [6.45, 7) is 5.29. The number of aryl methyl sites for hydroxylation is 1. The van der Waals surface area contributed by atoms with E-state index < -0.39 is 0 Å². The Labute approximate surface area is 91.3 Å². The number of nitrogens with one attached hydrogen (secondary N) is 1. The summed E-state index contributed by atoms with van der Waals surface area (Å²) in [5, 5.41) is 3.34. The average Bonchev–Trinajstić information content (AvgIpc) is 2.99. The molecule has 1 aliphatic carbocycles. The van der Waals surface area contributed by atoms with Crippen molar-refractivity contribution in [3.05, 3.63) is 18.0 Å². The Balaban J connectivity index is 1.85. The molecule has 1 heterocycles. The normalized spacial score (nSPS) is 17.5. The van der Waals surface area contributed by atoms with Crippen molar-refractivity contribution in [2.45, 2.75) is 39.5 Å². The second-order valence-corrected chi connectivity index (χ2v) is 4.69. The van der Waals surface area contributed by atoms with Gasteiger partial charge in [-0.3, -0.25) is 0 Å². The van der Waals surface area contributed by atoms with Crippen LogP contribution in [0.2, 0.25) is 0 Å². The molecule has 1 saturated carbocycles.